The summed E-state index contributed by atoms with van der Waals surface area (Å²) in [6.45, 7) is 2.71. The van der Waals surface area contributed by atoms with Crippen molar-refractivity contribution in [2.75, 3.05) is 39.7 Å². The number of aromatic hydroxyl groups is 1. The largest absolute Gasteiger partial charge is 0.504 e. The van der Waals surface area contributed by atoms with Crippen LogP contribution in [-0.2, 0) is 19.4 Å². The number of amides is 1. The lowest BCUT2D eigenvalue weighted by Crippen LogP contribution is -2.32. The minimum Gasteiger partial charge on any atom is -0.504 e. The molecule has 2 aromatic heterocycles. The highest BCUT2D eigenvalue weighted by Gasteiger charge is 2.22. The van der Waals surface area contributed by atoms with Gasteiger partial charge in [-0.2, -0.15) is 0 Å². The first-order chi connectivity index (χ1) is 24.3. The lowest BCUT2D eigenvalue weighted by molar-refractivity contribution is 0.0997. The van der Waals surface area contributed by atoms with Gasteiger partial charge >= 0.3 is 0 Å². The van der Waals surface area contributed by atoms with E-state index in [4.69, 9.17) is 18.6 Å². The van der Waals surface area contributed by atoms with E-state index in [1.54, 1.807) is 38.5 Å². The molecule has 1 aliphatic heterocycles. The molecule has 0 saturated heterocycles. The van der Waals surface area contributed by atoms with Gasteiger partial charge in [-0.25, -0.2) is 0 Å². The van der Waals surface area contributed by atoms with Crippen LogP contribution < -0.4 is 25.0 Å². The number of methoxy groups -OCH3 is 3. The molecule has 0 radical (unpaired) electrons. The molecule has 0 atom stereocenters. The van der Waals surface area contributed by atoms with E-state index < -0.39 is 5.91 Å². The number of anilines is 1. The van der Waals surface area contributed by atoms with E-state index >= 15 is 0 Å². The first-order valence-corrected chi connectivity index (χ1v) is 15.9. The van der Waals surface area contributed by atoms with Crippen LogP contribution in [0.15, 0.2) is 88.1 Å². The Morgan fingerprint density at radius 1 is 0.920 bits per heavy atom. The van der Waals surface area contributed by atoms with E-state index in [0.29, 0.717) is 16.6 Å². The van der Waals surface area contributed by atoms with Crippen molar-refractivity contribution in [2.45, 2.75) is 19.4 Å². The highest BCUT2D eigenvalue weighted by molar-refractivity contribution is 6.05. The summed E-state index contributed by atoms with van der Waals surface area (Å²) in [4.78, 5) is 29.7. The van der Waals surface area contributed by atoms with E-state index in [1.807, 2.05) is 24.3 Å². The fourth-order valence-corrected chi connectivity index (χ4v) is 6.07. The topological polar surface area (TPSA) is 154 Å². The normalized spacial score (nSPS) is 12.8. The molecule has 50 heavy (non-hydrogen) atoms. The van der Waals surface area contributed by atoms with Crippen LogP contribution in [0.25, 0.3) is 28.0 Å². The highest BCUT2D eigenvalue weighted by Crippen LogP contribution is 2.37. The predicted molar refractivity (Wildman–Crippen MR) is 185 cm³/mol. The molecule has 13 nitrogen and oxygen atoms in total. The van der Waals surface area contributed by atoms with Gasteiger partial charge in [-0.05, 0) is 77.2 Å². The fraction of sp³-hybridized carbons (Fsp3) is 0.216. The standard InChI is InChI=1S/C37H34N6O7/c1-47-32-18-27(28(19-30(32)45)38-37(46)35-20-29(44)26-6-4-5-7-31(26)50-35)36-39-41-43(40-36)25-10-8-22(9-11-25)12-14-42-15-13-23-16-33(48-2)34(49-3)17-24(23)21-42/h4-11,16-20,45H,12-15,21H2,1-3H3,(H,38,46). The average molecular weight is 675 g/mol. The summed E-state index contributed by atoms with van der Waals surface area (Å²) in [5.74, 6) is 0.706. The Morgan fingerprint density at radius 2 is 1.66 bits per heavy atom. The molecule has 1 aliphatic rings. The molecule has 13 heteroatoms. The van der Waals surface area contributed by atoms with Gasteiger partial charge in [-0.3, -0.25) is 14.5 Å². The third-order valence-electron chi connectivity index (χ3n) is 8.76. The number of hydrogen-bond acceptors (Lipinski definition) is 11. The number of nitrogens with zero attached hydrogens (tertiary/aromatic N) is 5. The monoisotopic (exact) mass is 674 g/mol. The summed E-state index contributed by atoms with van der Waals surface area (Å²) in [6, 6.07) is 22.7. The van der Waals surface area contributed by atoms with Crippen molar-refractivity contribution >= 4 is 22.6 Å². The van der Waals surface area contributed by atoms with Gasteiger partial charge in [-0.15, -0.1) is 15.0 Å². The third kappa shape index (κ3) is 6.45. The van der Waals surface area contributed by atoms with E-state index in [2.05, 4.69) is 37.8 Å². The number of fused-ring (bicyclic) bond motifs is 2. The van der Waals surface area contributed by atoms with Gasteiger partial charge in [0.1, 0.15) is 5.58 Å². The van der Waals surface area contributed by atoms with Crippen LogP contribution in [0.4, 0.5) is 5.69 Å². The quantitative estimate of drug-likeness (QED) is 0.201. The maximum Gasteiger partial charge on any atom is 0.291 e. The molecule has 0 unspecified atom stereocenters. The average Bonchev–Trinajstić information content (AvgIpc) is 3.63. The van der Waals surface area contributed by atoms with Gasteiger partial charge in [0.15, 0.2) is 34.2 Å². The zero-order valence-electron chi connectivity index (χ0n) is 27.7. The van der Waals surface area contributed by atoms with Crippen LogP contribution in [0.1, 0.15) is 27.2 Å². The van der Waals surface area contributed by atoms with E-state index in [1.165, 1.54) is 40.7 Å². The second-order valence-corrected chi connectivity index (χ2v) is 11.8. The minimum atomic E-state index is -0.699. The second kappa shape index (κ2) is 13.7. The van der Waals surface area contributed by atoms with Gasteiger partial charge in [0.2, 0.25) is 5.82 Å². The number of benzene rings is 4. The third-order valence-corrected chi connectivity index (χ3v) is 8.76. The zero-order chi connectivity index (χ0) is 34.8. The van der Waals surface area contributed by atoms with Crippen molar-refractivity contribution in [3.05, 3.63) is 112 Å². The molecule has 0 saturated carbocycles. The molecule has 4 aromatic carbocycles. The smallest absolute Gasteiger partial charge is 0.291 e. The van der Waals surface area contributed by atoms with Gasteiger partial charge < -0.3 is 29.1 Å². The number of carbonyl (C=O) groups excluding carboxylic acids is 1. The van der Waals surface area contributed by atoms with Crippen LogP contribution in [0.5, 0.6) is 23.0 Å². The number of ether oxygens (including phenoxy) is 3. The van der Waals surface area contributed by atoms with Crippen molar-refractivity contribution < 1.29 is 28.5 Å². The Kier molecular flexibility index (Phi) is 8.88. The molecule has 1 amide bonds. The van der Waals surface area contributed by atoms with E-state index in [0.717, 1.165) is 50.0 Å². The molecular formula is C37H34N6O7. The summed E-state index contributed by atoms with van der Waals surface area (Å²) >= 11 is 0. The number of tetrazole rings is 1. The molecule has 254 valence electrons. The number of phenolic OH excluding ortho intramolecular Hbond substituents is 1. The Balaban J connectivity index is 1.06. The maximum absolute atomic E-state index is 13.2. The Hall–Kier alpha value is -6.21. The molecule has 3 heterocycles. The number of para-hydroxylation sites is 1. The Bertz CT molecular complexity index is 2260. The minimum absolute atomic E-state index is 0.145. The maximum atomic E-state index is 13.2. The van der Waals surface area contributed by atoms with Gasteiger partial charge in [0, 0.05) is 31.8 Å². The van der Waals surface area contributed by atoms with Gasteiger partial charge in [-0.1, -0.05) is 24.3 Å². The summed E-state index contributed by atoms with van der Waals surface area (Å²) in [6.07, 6.45) is 1.82. The zero-order valence-corrected chi connectivity index (χ0v) is 27.7. The number of nitrogens with one attached hydrogen (secondary N) is 1. The molecule has 0 bridgehead atoms. The molecule has 2 N–H and O–H groups in total. The molecular weight excluding hydrogens is 640 g/mol. The lowest BCUT2D eigenvalue weighted by Gasteiger charge is -2.29. The summed E-state index contributed by atoms with van der Waals surface area (Å²) < 4.78 is 22.0. The van der Waals surface area contributed by atoms with Crippen LogP contribution in [0, 0.1) is 0 Å². The first-order valence-electron chi connectivity index (χ1n) is 15.9. The molecule has 6 aromatic rings. The lowest BCUT2D eigenvalue weighted by atomic mass is 9.98. The predicted octanol–water partition coefficient (Wildman–Crippen LogP) is 5.02. The molecule has 0 aliphatic carbocycles. The number of rotatable bonds is 10. The van der Waals surface area contributed by atoms with Crippen molar-refractivity contribution in [3.63, 3.8) is 0 Å². The van der Waals surface area contributed by atoms with Crippen molar-refractivity contribution in [1.82, 2.24) is 25.1 Å². The number of aromatic nitrogens is 4. The number of phenols is 1. The molecule has 0 spiro atoms. The van der Waals surface area contributed by atoms with Gasteiger partial charge in [0.25, 0.3) is 5.91 Å². The van der Waals surface area contributed by atoms with Crippen LogP contribution in [0.2, 0.25) is 0 Å². The summed E-state index contributed by atoms with van der Waals surface area (Å²) in [5.41, 5.74) is 4.82. The van der Waals surface area contributed by atoms with Crippen LogP contribution >= 0.6 is 0 Å². The van der Waals surface area contributed by atoms with E-state index in [9.17, 15) is 14.7 Å². The summed E-state index contributed by atoms with van der Waals surface area (Å²) in [7, 11) is 4.72. The molecule has 7 rings (SSSR count). The van der Waals surface area contributed by atoms with Gasteiger partial charge in [0.05, 0.1) is 43.7 Å². The van der Waals surface area contributed by atoms with Crippen molar-refractivity contribution in [1.29, 1.82) is 0 Å². The Morgan fingerprint density at radius 3 is 2.42 bits per heavy atom. The fourth-order valence-electron chi connectivity index (χ4n) is 6.07. The number of hydrogen-bond donors (Lipinski definition) is 2. The van der Waals surface area contributed by atoms with E-state index in [-0.39, 0.29) is 39.8 Å². The van der Waals surface area contributed by atoms with Crippen molar-refractivity contribution in [2.24, 2.45) is 0 Å². The molecule has 0 fully saturated rings. The first kappa shape index (κ1) is 32.3. The summed E-state index contributed by atoms with van der Waals surface area (Å²) in [5, 5.41) is 26.6. The Labute approximate surface area is 286 Å². The SMILES string of the molecule is COc1cc(-c2nnn(-c3ccc(CCN4CCc5cc(OC)c(OC)cc5C4)cc3)n2)c(NC(=O)c2cc(=O)c3ccccc3o2)cc1O. The second-order valence-electron chi connectivity index (χ2n) is 11.8. The van der Waals surface area contributed by atoms with Crippen molar-refractivity contribution in [3.8, 4) is 40.1 Å². The highest BCUT2D eigenvalue weighted by atomic mass is 16.5. The number of carbonyl (C=O) groups is 1. The van der Waals surface area contributed by atoms with Crippen LogP contribution in [-0.4, -0.2) is 70.5 Å². The van der Waals surface area contributed by atoms with Crippen LogP contribution in [0.3, 0.4) is 0 Å².